The molecule has 0 radical (unpaired) electrons. The van der Waals surface area contributed by atoms with Crippen LogP contribution in [0.1, 0.15) is 20.3 Å². The van der Waals surface area contributed by atoms with Gasteiger partial charge in [-0.3, -0.25) is 10.4 Å². The van der Waals surface area contributed by atoms with E-state index >= 15 is 0 Å². The van der Waals surface area contributed by atoms with Crippen LogP contribution in [0.15, 0.2) is 82.6 Å². The van der Waals surface area contributed by atoms with Crippen LogP contribution in [0, 0.1) is 5.41 Å². The molecule has 0 saturated carbocycles. The normalized spacial score (nSPS) is 13.7. The summed E-state index contributed by atoms with van der Waals surface area (Å²) in [6.07, 6.45) is 8.23. The topological polar surface area (TPSA) is 82.3 Å². The Morgan fingerprint density at radius 2 is 2.03 bits per heavy atom. The highest BCUT2D eigenvalue weighted by Crippen LogP contribution is 2.22. The summed E-state index contributed by atoms with van der Waals surface area (Å²) in [5.41, 5.74) is 7.74. The molecule has 1 aliphatic heterocycles. The summed E-state index contributed by atoms with van der Waals surface area (Å²) in [4.78, 5) is 5.46. The van der Waals surface area contributed by atoms with Crippen LogP contribution in [-0.2, 0) is 0 Å². The molecule has 164 valence electrons. The molecule has 0 aliphatic carbocycles. The number of hydrogen-bond donors (Lipinski definition) is 3. The second-order valence-electron chi connectivity index (χ2n) is 6.95. The minimum absolute atomic E-state index is 0.314. The Labute approximate surface area is 185 Å². The zero-order valence-corrected chi connectivity index (χ0v) is 18.6. The van der Waals surface area contributed by atoms with Crippen molar-refractivity contribution >= 4 is 30.6 Å². The first-order chi connectivity index (χ1) is 14.9. The first kappa shape index (κ1) is 23.6. The molecule has 0 saturated heterocycles. The van der Waals surface area contributed by atoms with Crippen LogP contribution < -0.4 is 15.8 Å². The van der Waals surface area contributed by atoms with Gasteiger partial charge in [0.2, 0.25) is 0 Å². The third-order valence-electron chi connectivity index (χ3n) is 4.69. The number of rotatable bonds is 11. The van der Waals surface area contributed by atoms with Gasteiger partial charge in [0.15, 0.2) is 0 Å². The average Bonchev–Trinajstić information content (AvgIpc) is 3.20. The molecular weight excluding hydrogens is 388 g/mol. The molecule has 1 aromatic rings. The first-order valence-corrected chi connectivity index (χ1v) is 10.0. The summed E-state index contributed by atoms with van der Waals surface area (Å²) in [6, 6.07) is 7.85. The fraction of sp³-hybridized carbons (Fsp3) is 0.261. The molecule has 3 N–H and O–H groups in total. The molecule has 0 fully saturated rings. The maximum Gasteiger partial charge on any atom is 0.124 e. The molecule has 0 spiro atoms. The minimum atomic E-state index is 0.314. The number of hydrogen-bond acceptors (Lipinski definition) is 7. The van der Waals surface area contributed by atoms with Gasteiger partial charge in [0.25, 0.3) is 0 Å². The summed E-state index contributed by atoms with van der Waals surface area (Å²) in [5.74, 6) is 0.334. The molecular formula is C23H32N8. The van der Waals surface area contributed by atoms with Crippen molar-refractivity contribution in [2.24, 2.45) is 10.1 Å². The van der Waals surface area contributed by atoms with Crippen LogP contribution in [0.2, 0.25) is 0 Å². The number of benzene rings is 1. The molecule has 2 rings (SSSR count). The summed E-state index contributed by atoms with van der Waals surface area (Å²) in [7, 11) is 1.92. The van der Waals surface area contributed by atoms with Gasteiger partial charge in [0, 0.05) is 61.6 Å². The molecule has 0 atom stereocenters. The van der Waals surface area contributed by atoms with Gasteiger partial charge in [-0.15, -0.1) is 0 Å². The van der Waals surface area contributed by atoms with Crippen molar-refractivity contribution < 1.29 is 0 Å². The Hall–Kier alpha value is -3.65. The molecule has 0 unspecified atom stereocenters. The lowest BCUT2D eigenvalue weighted by atomic mass is 10.2. The smallest absolute Gasteiger partial charge is 0.124 e. The maximum atomic E-state index is 8.55. The highest BCUT2D eigenvalue weighted by Gasteiger charge is 2.18. The van der Waals surface area contributed by atoms with Gasteiger partial charge in [-0.05, 0) is 44.3 Å². The Morgan fingerprint density at radius 3 is 2.58 bits per heavy atom. The van der Waals surface area contributed by atoms with Crippen LogP contribution in [0.3, 0.4) is 0 Å². The van der Waals surface area contributed by atoms with E-state index in [1.165, 1.54) is 0 Å². The summed E-state index contributed by atoms with van der Waals surface area (Å²) < 4.78 is 0. The fourth-order valence-corrected chi connectivity index (χ4v) is 3.09. The van der Waals surface area contributed by atoms with Crippen LogP contribution in [-0.4, -0.2) is 49.3 Å². The lowest BCUT2D eigenvalue weighted by molar-refractivity contribution is 0.373. The van der Waals surface area contributed by atoms with Crippen molar-refractivity contribution in [1.29, 1.82) is 5.41 Å². The second-order valence-corrected chi connectivity index (χ2v) is 6.95. The SMILES string of the molecule is C=N/C=C\N(C(=C)C1=CN(C)NC1)C(=N)CNc1ccc(N(N=C)/C(C)=C\CC)cc1. The van der Waals surface area contributed by atoms with Gasteiger partial charge in [-0.1, -0.05) is 19.6 Å². The third kappa shape index (κ3) is 6.42. The largest absolute Gasteiger partial charge is 0.378 e. The number of hydrazone groups is 1. The van der Waals surface area contributed by atoms with E-state index in [1.807, 2.05) is 49.4 Å². The highest BCUT2D eigenvalue weighted by atomic mass is 15.5. The Morgan fingerprint density at radius 1 is 1.32 bits per heavy atom. The first-order valence-electron chi connectivity index (χ1n) is 10.0. The number of amidine groups is 1. The molecule has 8 heteroatoms. The van der Waals surface area contributed by atoms with Crippen LogP contribution >= 0.6 is 0 Å². The predicted molar refractivity (Wildman–Crippen MR) is 132 cm³/mol. The lowest BCUT2D eigenvalue weighted by Crippen LogP contribution is -2.31. The number of allylic oxidation sites excluding steroid dienone is 2. The summed E-state index contributed by atoms with van der Waals surface area (Å²) in [6.45, 7) is 16.4. The summed E-state index contributed by atoms with van der Waals surface area (Å²) >= 11 is 0. The van der Waals surface area contributed by atoms with Gasteiger partial charge in [-0.25, -0.2) is 10.4 Å². The van der Waals surface area contributed by atoms with Gasteiger partial charge >= 0.3 is 0 Å². The van der Waals surface area contributed by atoms with Gasteiger partial charge in [-0.2, -0.15) is 5.10 Å². The van der Waals surface area contributed by atoms with E-state index in [2.05, 4.69) is 53.9 Å². The maximum absolute atomic E-state index is 8.55. The van der Waals surface area contributed by atoms with E-state index in [9.17, 15) is 0 Å². The van der Waals surface area contributed by atoms with Crippen molar-refractivity contribution in [1.82, 2.24) is 15.3 Å². The van der Waals surface area contributed by atoms with Crippen molar-refractivity contribution in [3.8, 4) is 0 Å². The minimum Gasteiger partial charge on any atom is -0.378 e. The number of aliphatic imine (C=N–C) groups is 1. The molecule has 8 nitrogen and oxygen atoms in total. The fourth-order valence-electron chi connectivity index (χ4n) is 3.09. The number of nitrogens with one attached hydrogen (secondary N) is 3. The van der Waals surface area contributed by atoms with Gasteiger partial charge in [0.05, 0.1) is 12.2 Å². The Balaban J connectivity index is 2.06. The van der Waals surface area contributed by atoms with E-state index in [1.54, 1.807) is 22.3 Å². The Bertz CT molecular complexity index is 895. The van der Waals surface area contributed by atoms with E-state index in [-0.39, 0.29) is 0 Å². The van der Waals surface area contributed by atoms with Crippen LogP contribution in [0.4, 0.5) is 11.4 Å². The number of hydrazine groups is 1. The quantitative estimate of drug-likeness (QED) is 0.285. The Kier molecular flexibility index (Phi) is 8.78. The van der Waals surface area contributed by atoms with E-state index in [0.29, 0.717) is 24.6 Å². The zero-order chi connectivity index (χ0) is 22.8. The van der Waals surface area contributed by atoms with Crippen molar-refractivity contribution in [3.05, 3.63) is 72.5 Å². The number of anilines is 2. The molecule has 0 aromatic heterocycles. The highest BCUT2D eigenvalue weighted by molar-refractivity contribution is 5.86. The van der Waals surface area contributed by atoms with Crippen molar-refractivity contribution in [2.75, 3.05) is 30.5 Å². The third-order valence-corrected chi connectivity index (χ3v) is 4.69. The molecule has 1 heterocycles. The average molecular weight is 421 g/mol. The van der Waals surface area contributed by atoms with Crippen molar-refractivity contribution in [2.45, 2.75) is 20.3 Å². The van der Waals surface area contributed by atoms with Gasteiger partial charge < -0.3 is 15.2 Å². The van der Waals surface area contributed by atoms with E-state index < -0.39 is 0 Å². The van der Waals surface area contributed by atoms with E-state index in [4.69, 9.17) is 5.41 Å². The molecule has 0 amide bonds. The second kappa shape index (κ2) is 11.5. The molecule has 31 heavy (non-hydrogen) atoms. The van der Waals surface area contributed by atoms with Gasteiger partial charge in [0.1, 0.15) is 5.84 Å². The van der Waals surface area contributed by atoms with Crippen LogP contribution in [0.5, 0.6) is 0 Å². The lowest BCUT2D eigenvalue weighted by Gasteiger charge is -2.24. The predicted octanol–water partition coefficient (Wildman–Crippen LogP) is 4.13. The molecule has 1 aliphatic rings. The summed E-state index contributed by atoms with van der Waals surface area (Å²) in [5, 5.41) is 19.6. The standard InChI is InChI=1S/C23H32N8/c1-7-8-18(2)31(26-5)22-11-9-21(10-12-22)27-16-23(24)30(14-13-25-4)19(3)20-15-28-29(6)17-20/h8-14,17,24,27-28H,3-5,7,15-16H2,1-2,6H3/b14-13-,18-8-,24-23?. The van der Waals surface area contributed by atoms with Crippen LogP contribution in [0.25, 0.3) is 0 Å². The van der Waals surface area contributed by atoms with Crippen molar-refractivity contribution in [3.63, 3.8) is 0 Å². The van der Waals surface area contributed by atoms with E-state index in [0.717, 1.165) is 29.1 Å². The molecule has 1 aromatic carbocycles. The molecule has 0 bridgehead atoms. The zero-order valence-electron chi connectivity index (χ0n) is 18.6. The number of nitrogens with zero attached hydrogens (tertiary/aromatic N) is 5. The monoisotopic (exact) mass is 420 g/mol.